The van der Waals surface area contributed by atoms with E-state index in [4.69, 9.17) is 0 Å². The smallest absolute Gasteiger partial charge is 0.227 e. The van der Waals surface area contributed by atoms with Crippen LogP contribution in [-0.4, -0.2) is 11.7 Å². The van der Waals surface area contributed by atoms with Gasteiger partial charge < -0.3 is 5.32 Å². The first-order chi connectivity index (χ1) is 7.31. The molecular weight excluding hydrogens is 206 g/mol. The maximum Gasteiger partial charge on any atom is 0.227 e. The lowest BCUT2D eigenvalue weighted by atomic mass is 10.3. The summed E-state index contributed by atoms with van der Waals surface area (Å²) in [6.07, 6.45) is 2.10. The molecule has 1 N–H and O–H groups in total. The summed E-state index contributed by atoms with van der Waals surface area (Å²) >= 11 is 1.76. The molecule has 0 aromatic heterocycles. The molecule has 3 heteroatoms. The molecule has 80 valence electrons. The number of carbonyl (C=O) groups excluding carboxylic acids is 1. The van der Waals surface area contributed by atoms with Crippen molar-refractivity contribution in [2.45, 2.75) is 24.7 Å². The second kappa shape index (κ2) is 4.71. The largest absolute Gasteiger partial charge is 0.325 e. The number of rotatable bonds is 4. The normalized spacial score (nSPS) is 15.0. The van der Waals surface area contributed by atoms with E-state index in [1.165, 1.54) is 0 Å². The molecule has 2 nitrogen and oxygen atoms in total. The first kappa shape index (κ1) is 10.6. The van der Waals surface area contributed by atoms with Gasteiger partial charge in [-0.15, -0.1) is 11.8 Å². The van der Waals surface area contributed by atoms with E-state index in [1.54, 1.807) is 11.8 Å². The highest BCUT2D eigenvalue weighted by Crippen LogP contribution is 2.32. The van der Waals surface area contributed by atoms with Gasteiger partial charge in [-0.05, 0) is 30.7 Å². The van der Waals surface area contributed by atoms with Crippen LogP contribution >= 0.6 is 11.8 Å². The molecule has 1 amide bonds. The van der Waals surface area contributed by atoms with Crippen LogP contribution < -0.4 is 5.32 Å². The number of nitrogens with one attached hydrogen (secondary N) is 1. The van der Waals surface area contributed by atoms with Gasteiger partial charge >= 0.3 is 0 Å². The van der Waals surface area contributed by atoms with Crippen LogP contribution in [0.15, 0.2) is 29.2 Å². The van der Waals surface area contributed by atoms with Gasteiger partial charge in [-0.25, -0.2) is 0 Å². The lowest BCUT2D eigenvalue weighted by Crippen LogP contribution is -2.13. The first-order valence-electron chi connectivity index (χ1n) is 5.34. The summed E-state index contributed by atoms with van der Waals surface area (Å²) in [4.78, 5) is 12.8. The number of thioether (sulfide) groups is 1. The molecule has 1 fully saturated rings. The van der Waals surface area contributed by atoms with Crippen LogP contribution in [0.25, 0.3) is 0 Å². The number of hydrogen-bond acceptors (Lipinski definition) is 2. The van der Waals surface area contributed by atoms with Gasteiger partial charge in [0.25, 0.3) is 0 Å². The van der Waals surface area contributed by atoms with Gasteiger partial charge in [0.1, 0.15) is 0 Å². The average molecular weight is 221 g/mol. The zero-order valence-corrected chi connectivity index (χ0v) is 9.64. The van der Waals surface area contributed by atoms with E-state index in [0.29, 0.717) is 0 Å². The van der Waals surface area contributed by atoms with E-state index in [2.05, 4.69) is 18.3 Å². The monoisotopic (exact) mass is 221 g/mol. The van der Waals surface area contributed by atoms with Crippen molar-refractivity contribution in [1.82, 2.24) is 0 Å². The van der Waals surface area contributed by atoms with Crippen LogP contribution in [-0.2, 0) is 4.79 Å². The van der Waals surface area contributed by atoms with E-state index in [-0.39, 0.29) is 11.8 Å². The van der Waals surface area contributed by atoms with Crippen LogP contribution in [0.2, 0.25) is 0 Å². The SMILES string of the molecule is CCSc1ccccc1NC(=O)C1CC1. The van der Waals surface area contributed by atoms with Crippen molar-refractivity contribution in [2.75, 3.05) is 11.1 Å². The number of amides is 1. The van der Waals surface area contributed by atoms with Crippen molar-refractivity contribution >= 4 is 23.4 Å². The molecule has 0 aliphatic heterocycles. The number of hydrogen-bond donors (Lipinski definition) is 1. The molecule has 1 aromatic rings. The van der Waals surface area contributed by atoms with Gasteiger partial charge in [0.05, 0.1) is 5.69 Å². The Balaban J connectivity index is 2.08. The quantitative estimate of drug-likeness (QED) is 0.791. The summed E-state index contributed by atoms with van der Waals surface area (Å²) in [7, 11) is 0. The van der Waals surface area contributed by atoms with E-state index >= 15 is 0 Å². The standard InChI is InChI=1S/C12H15NOS/c1-2-15-11-6-4-3-5-10(11)13-12(14)9-7-8-9/h3-6,9H,2,7-8H2,1H3,(H,13,14). The third kappa shape index (κ3) is 2.75. The minimum Gasteiger partial charge on any atom is -0.325 e. The fraction of sp³-hybridized carbons (Fsp3) is 0.417. The van der Waals surface area contributed by atoms with Crippen LogP contribution in [0.4, 0.5) is 5.69 Å². The van der Waals surface area contributed by atoms with Crippen LogP contribution in [0.3, 0.4) is 0 Å². The Bertz CT molecular complexity index is 360. The minimum atomic E-state index is 0.180. The Kier molecular flexibility index (Phi) is 3.31. The molecule has 0 radical (unpaired) electrons. The molecular formula is C12H15NOS. The van der Waals surface area contributed by atoms with Crippen molar-refractivity contribution in [2.24, 2.45) is 5.92 Å². The molecule has 1 saturated carbocycles. The topological polar surface area (TPSA) is 29.1 Å². The Morgan fingerprint density at radius 2 is 2.20 bits per heavy atom. The summed E-state index contributed by atoms with van der Waals surface area (Å²) in [5, 5.41) is 3.00. The van der Waals surface area contributed by atoms with Crippen LogP contribution in [0.1, 0.15) is 19.8 Å². The Labute approximate surface area is 94.4 Å². The number of benzene rings is 1. The third-order valence-corrected chi connectivity index (χ3v) is 3.35. The van der Waals surface area contributed by atoms with Crippen LogP contribution in [0.5, 0.6) is 0 Å². The zero-order chi connectivity index (χ0) is 10.7. The Morgan fingerprint density at radius 1 is 1.47 bits per heavy atom. The second-order valence-corrected chi connectivity index (χ2v) is 5.00. The average Bonchev–Trinajstić information content (AvgIpc) is 3.04. The number of anilines is 1. The van der Waals surface area contributed by atoms with Gasteiger partial charge in [0, 0.05) is 10.8 Å². The summed E-state index contributed by atoms with van der Waals surface area (Å²) in [5.74, 6) is 1.47. The van der Waals surface area contributed by atoms with Crippen molar-refractivity contribution in [3.05, 3.63) is 24.3 Å². The molecule has 1 aliphatic carbocycles. The number of para-hydroxylation sites is 1. The van der Waals surface area contributed by atoms with Crippen molar-refractivity contribution in [1.29, 1.82) is 0 Å². The summed E-state index contributed by atoms with van der Waals surface area (Å²) < 4.78 is 0. The molecule has 15 heavy (non-hydrogen) atoms. The highest BCUT2D eigenvalue weighted by atomic mass is 32.2. The predicted molar refractivity (Wildman–Crippen MR) is 64.2 cm³/mol. The summed E-state index contributed by atoms with van der Waals surface area (Å²) in [6, 6.07) is 7.99. The molecule has 0 unspecified atom stereocenters. The van der Waals surface area contributed by atoms with E-state index in [1.807, 2.05) is 18.2 Å². The van der Waals surface area contributed by atoms with Gasteiger partial charge in [-0.2, -0.15) is 0 Å². The fourth-order valence-electron chi connectivity index (χ4n) is 1.43. The third-order valence-electron chi connectivity index (χ3n) is 2.39. The van der Waals surface area contributed by atoms with Crippen molar-refractivity contribution in [3.63, 3.8) is 0 Å². The van der Waals surface area contributed by atoms with Crippen molar-refractivity contribution < 1.29 is 4.79 Å². The molecule has 0 atom stereocenters. The summed E-state index contributed by atoms with van der Waals surface area (Å²) in [6.45, 7) is 2.12. The Morgan fingerprint density at radius 3 is 2.87 bits per heavy atom. The highest BCUT2D eigenvalue weighted by molar-refractivity contribution is 7.99. The minimum absolute atomic E-state index is 0.180. The first-order valence-corrected chi connectivity index (χ1v) is 6.32. The highest BCUT2D eigenvalue weighted by Gasteiger charge is 2.29. The maximum absolute atomic E-state index is 11.6. The van der Waals surface area contributed by atoms with Crippen LogP contribution in [0, 0.1) is 5.92 Å². The fourth-order valence-corrected chi connectivity index (χ4v) is 2.19. The summed E-state index contributed by atoms with van der Waals surface area (Å²) in [5.41, 5.74) is 0.959. The molecule has 2 rings (SSSR count). The molecule has 1 aromatic carbocycles. The number of carbonyl (C=O) groups is 1. The van der Waals surface area contributed by atoms with E-state index in [0.717, 1.165) is 29.2 Å². The van der Waals surface area contributed by atoms with Gasteiger partial charge in [-0.3, -0.25) is 4.79 Å². The lowest BCUT2D eigenvalue weighted by Gasteiger charge is -2.09. The van der Waals surface area contributed by atoms with Gasteiger partial charge in [0.2, 0.25) is 5.91 Å². The maximum atomic E-state index is 11.6. The molecule has 0 heterocycles. The van der Waals surface area contributed by atoms with Crippen molar-refractivity contribution in [3.8, 4) is 0 Å². The molecule has 0 bridgehead atoms. The molecule has 1 aliphatic rings. The zero-order valence-electron chi connectivity index (χ0n) is 8.82. The lowest BCUT2D eigenvalue weighted by molar-refractivity contribution is -0.117. The predicted octanol–water partition coefficient (Wildman–Crippen LogP) is 3.15. The van der Waals surface area contributed by atoms with Gasteiger partial charge in [0.15, 0.2) is 0 Å². The van der Waals surface area contributed by atoms with Gasteiger partial charge in [-0.1, -0.05) is 19.1 Å². The molecule has 0 saturated heterocycles. The second-order valence-electron chi connectivity index (χ2n) is 3.69. The Hall–Kier alpha value is -0.960. The van der Waals surface area contributed by atoms with E-state index in [9.17, 15) is 4.79 Å². The van der Waals surface area contributed by atoms with E-state index < -0.39 is 0 Å². The molecule has 0 spiro atoms.